The summed E-state index contributed by atoms with van der Waals surface area (Å²) in [5.41, 5.74) is 3.17. The van der Waals surface area contributed by atoms with E-state index in [0.717, 1.165) is 36.8 Å². The highest BCUT2D eigenvalue weighted by atomic mass is 16.5. The summed E-state index contributed by atoms with van der Waals surface area (Å²) < 4.78 is 6.14. The van der Waals surface area contributed by atoms with Gasteiger partial charge in [0.25, 0.3) is 0 Å². The van der Waals surface area contributed by atoms with Crippen LogP contribution in [0.25, 0.3) is 0 Å². The molecule has 11 atom stereocenters. The minimum atomic E-state index is -0.549. The van der Waals surface area contributed by atoms with Crippen molar-refractivity contribution in [3.05, 3.63) is 52.9 Å². The van der Waals surface area contributed by atoms with Gasteiger partial charge in [-0.2, -0.15) is 0 Å². The average Bonchev–Trinajstić information content (AvgIpc) is 3.24. The molecular formula is C38H56N2O5. The maximum atomic E-state index is 14.3. The molecule has 7 nitrogen and oxygen atoms in total. The van der Waals surface area contributed by atoms with Gasteiger partial charge >= 0.3 is 5.97 Å². The summed E-state index contributed by atoms with van der Waals surface area (Å²) >= 11 is 0. The summed E-state index contributed by atoms with van der Waals surface area (Å²) in [6.07, 6.45) is 10.3. The standard InChI is InChI=1S/C38H56N2O5/c1-22(2)10-9-11-27(35(44)40-24(4)26-14-18-39-19-15-26)33-29-20-31(43)34-36(6)16-13-30(42)23(3)28(36)12-17-37(34,7)38(29,8)21-32(33)45-25(5)41/h10,14-15,18-19,23-24,28-32,34,42-43H,9,11-13,16-17,20-21H2,1-8H3,(H,40,44)/b33-27-/t23-,24?,28-,29-,30+,31+,32-,34-,36-,37-,38-/m0/s1. The molecule has 0 saturated heterocycles. The van der Waals surface area contributed by atoms with Crippen LogP contribution < -0.4 is 5.32 Å². The van der Waals surface area contributed by atoms with Gasteiger partial charge in [0.1, 0.15) is 6.10 Å². The third-order valence-corrected chi connectivity index (χ3v) is 13.1. The summed E-state index contributed by atoms with van der Waals surface area (Å²) in [5.74, 6) is 0.0503. The highest BCUT2D eigenvalue weighted by Gasteiger charge is 2.70. The van der Waals surface area contributed by atoms with Crippen LogP contribution in [0.4, 0.5) is 0 Å². The van der Waals surface area contributed by atoms with E-state index in [4.69, 9.17) is 4.74 Å². The van der Waals surface area contributed by atoms with Gasteiger partial charge < -0.3 is 20.3 Å². The Bertz CT molecular complexity index is 1340. The molecule has 4 fully saturated rings. The molecule has 1 aromatic rings. The summed E-state index contributed by atoms with van der Waals surface area (Å²) in [6.45, 7) is 16.8. The number of pyridine rings is 1. The second-order valence-corrected chi connectivity index (χ2v) is 15.8. The van der Waals surface area contributed by atoms with Crippen molar-refractivity contribution in [3.8, 4) is 0 Å². The van der Waals surface area contributed by atoms with Crippen molar-refractivity contribution in [1.82, 2.24) is 10.3 Å². The predicted octanol–water partition coefficient (Wildman–Crippen LogP) is 6.85. The number of ether oxygens (including phenoxy) is 1. The van der Waals surface area contributed by atoms with Gasteiger partial charge in [0.05, 0.1) is 18.2 Å². The van der Waals surface area contributed by atoms with E-state index in [1.54, 1.807) is 12.4 Å². The number of hydrogen-bond acceptors (Lipinski definition) is 6. The fraction of sp³-hybridized carbons (Fsp3) is 0.711. The van der Waals surface area contributed by atoms with Gasteiger partial charge in [0.15, 0.2) is 0 Å². The van der Waals surface area contributed by atoms with Crippen molar-refractivity contribution in [2.45, 2.75) is 131 Å². The molecule has 1 aromatic heterocycles. The highest BCUT2D eigenvalue weighted by Crippen LogP contribution is 2.74. The molecule has 7 heteroatoms. The molecule has 4 aliphatic rings. The number of nitrogens with zero attached hydrogens (tertiary/aromatic N) is 1. The molecular weight excluding hydrogens is 564 g/mol. The Morgan fingerprint density at radius 1 is 1.07 bits per heavy atom. The number of carbonyl (C=O) groups excluding carboxylic acids is 2. The second-order valence-electron chi connectivity index (χ2n) is 15.8. The van der Waals surface area contributed by atoms with Crippen molar-refractivity contribution < 1.29 is 24.5 Å². The number of nitrogens with one attached hydrogen (secondary N) is 1. The van der Waals surface area contributed by atoms with Crippen LogP contribution in [0.5, 0.6) is 0 Å². The van der Waals surface area contributed by atoms with E-state index in [9.17, 15) is 19.8 Å². The number of rotatable bonds is 7. The summed E-state index contributed by atoms with van der Waals surface area (Å²) in [5, 5.41) is 26.3. The van der Waals surface area contributed by atoms with E-state index >= 15 is 0 Å². The zero-order valence-electron chi connectivity index (χ0n) is 28.7. The number of fused-ring (bicyclic) bond motifs is 5. The van der Waals surface area contributed by atoms with Gasteiger partial charge in [0.2, 0.25) is 5.91 Å². The van der Waals surface area contributed by atoms with Crippen molar-refractivity contribution >= 4 is 11.9 Å². The molecule has 5 rings (SSSR count). The van der Waals surface area contributed by atoms with E-state index in [1.807, 2.05) is 19.1 Å². The molecule has 0 aliphatic heterocycles. The van der Waals surface area contributed by atoms with Gasteiger partial charge in [-0.15, -0.1) is 0 Å². The van der Waals surface area contributed by atoms with Gasteiger partial charge in [-0.25, -0.2) is 0 Å². The maximum Gasteiger partial charge on any atom is 0.303 e. The first kappa shape index (κ1) is 33.8. The van der Waals surface area contributed by atoms with Crippen LogP contribution in [0.15, 0.2) is 47.3 Å². The van der Waals surface area contributed by atoms with Crippen LogP contribution in [0.2, 0.25) is 0 Å². The van der Waals surface area contributed by atoms with Crippen molar-refractivity contribution in [2.24, 2.45) is 39.9 Å². The number of carbonyl (C=O) groups is 2. The third-order valence-electron chi connectivity index (χ3n) is 13.1. The largest absolute Gasteiger partial charge is 0.458 e. The molecule has 4 aliphatic carbocycles. The molecule has 1 amide bonds. The molecule has 45 heavy (non-hydrogen) atoms. The fourth-order valence-corrected chi connectivity index (χ4v) is 10.8. The van der Waals surface area contributed by atoms with Crippen molar-refractivity contribution in [1.29, 1.82) is 0 Å². The maximum absolute atomic E-state index is 14.3. The molecule has 0 radical (unpaired) electrons. The van der Waals surface area contributed by atoms with E-state index < -0.39 is 12.2 Å². The number of aromatic nitrogens is 1. The van der Waals surface area contributed by atoms with Gasteiger partial charge in [-0.1, -0.05) is 39.3 Å². The lowest BCUT2D eigenvalue weighted by atomic mass is 9.36. The van der Waals surface area contributed by atoms with Gasteiger partial charge in [-0.3, -0.25) is 14.6 Å². The Balaban J connectivity index is 1.60. The van der Waals surface area contributed by atoms with Gasteiger partial charge in [-0.05, 0) is 135 Å². The Hall–Kier alpha value is -2.51. The molecule has 3 N–H and O–H groups in total. The van der Waals surface area contributed by atoms with Crippen LogP contribution in [0.3, 0.4) is 0 Å². The number of esters is 1. The quantitative estimate of drug-likeness (QED) is 0.175. The Kier molecular flexibility index (Phi) is 9.47. The molecule has 4 saturated carbocycles. The molecule has 248 valence electrons. The van der Waals surface area contributed by atoms with Gasteiger partial charge in [0, 0.05) is 24.9 Å². The Morgan fingerprint density at radius 3 is 2.40 bits per heavy atom. The first-order valence-electron chi connectivity index (χ1n) is 17.2. The lowest BCUT2D eigenvalue weighted by Crippen LogP contribution is -2.65. The van der Waals surface area contributed by atoms with Crippen molar-refractivity contribution in [2.75, 3.05) is 0 Å². The molecule has 0 bridgehead atoms. The molecule has 1 unspecified atom stereocenters. The second kappa shape index (κ2) is 12.6. The topological polar surface area (TPSA) is 109 Å². The third kappa shape index (κ3) is 5.81. The fourth-order valence-electron chi connectivity index (χ4n) is 10.8. The van der Waals surface area contributed by atoms with Crippen LogP contribution in [0, 0.1) is 39.9 Å². The highest BCUT2D eigenvalue weighted by molar-refractivity contribution is 5.95. The average molecular weight is 621 g/mol. The number of aliphatic hydroxyl groups is 2. The minimum absolute atomic E-state index is 0.0620. The van der Waals surface area contributed by atoms with Crippen LogP contribution in [-0.4, -0.2) is 45.4 Å². The Morgan fingerprint density at radius 2 is 1.76 bits per heavy atom. The lowest BCUT2D eigenvalue weighted by Gasteiger charge is -2.69. The predicted molar refractivity (Wildman–Crippen MR) is 176 cm³/mol. The lowest BCUT2D eigenvalue weighted by molar-refractivity contribution is -0.234. The first-order valence-corrected chi connectivity index (χ1v) is 17.2. The van der Waals surface area contributed by atoms with E-state index in [2.05, 4.69) is 57.9 Å². The zero-order valence-corrected chi connectivity index (χ0v) is 28.7. The monoisotopic (exact) mass is 620 g/mol. The number of amides is 1. The smallest absolute Gasteiger partial charge is 0.303 e. The summed E-state index contributed by atoms with van der Waals surface area (Å²) in [6, 6.07) is 3.60. The summed E-state index contributed by atoms with van der Waals surface area (Å²) in [7, 11) is 0. The SMILES string of the molecule is CC(=O)O[C@H]1C[C@@]2(C)[C@@H](C[C@@H](O)[C@H]3[C@@]4(C)CC[C@@H](O)[C@@H](C)[C@@H]4CC[C@@]32C)/C1=C(\CCC=C(C)C)C(=O)NC(C)c1ccncc1. The number of aliphatic hydroxyl groups excluding tert-OH is 2. The minimum Gasteiger partial charge on any atom is -0.458 e. The normalized spacial score (nSPS) is 40.7. The molecule has 1 heterocycles. The number of allylic oxidation sites excluding steroid dienone is 2. The molecule has 0 spiro atoms. The van der Waals surface area contributed by atoms with Crippen molar-refractivity contribution in [3.63, 3.8) is 0 Å². The number of hydrogen-bond donors (Lipinski definition) is 3. The van der Waals surface area contributed by atoms with E-state index in [1.165, 1.54) is 12.5 Å². The van der Waals surface area contributed by atoms with Crippen LogP contribution >= 0.6 is 0 Å². The summed E-state index contributed by atoms with van der Waals surface area (Å²) in [4.78, 5) is 31.1. The van der Waals surface area contributed by atoms with Crippen LogP contribution in [0.1, 0.15) is 118 Å². The molecule has 0 aromatic carbocycles. The van der Waals surface area contributed by atoms with Crippen LogP contribution in [-0.2, 0) is 14.3 Å². The Labute approximate surface area is 270 Å². The first-order chi connectivity index (χ1) is 21.1. The zero-order chi connectivity index (χ0) is 32.9. The van der Waals surface area contributed by atoms with E-state index in [-0.39, 0.29) is 58.0 Å². The van der Waals surface area contributed by atoms with E-state index in [0.29, 0.717) is 37.2 Å².